The van der Waals surface area contributed by atoms with Crippen LogP contribution in [0.1, 0.15) is 40.7 Å². The van der Waals surface area contributed by atoms with Crippen molar-refractivity contribution in [1.82, 2.24) is 10.1 Å². The maximum atomic E-state index is 12.8. The van der Waals surface area contributed by atoms with Gasteiger partial charge in [0.05, 0.1) is 11.7 Å². The summed E-state index contributed by atoms with van der Waals surface area (Å²) in [5.41, 5.74) is 1.43. The molecule has 2 aliphatic rings. The van der Waals surface area contributed by atoms with Crippen molar-refractivity contribution in [1.29, 1.82) is 0 Å². The van der Waals surface area contributed by atoms with E-state index >= 15 is 0 Å². The van der Waals surface area contributed by atoms with Crippen LogP contribution in [-0.2, 0) is 0 Å². The topological polar surface area (TPSA) is 64.8 Å². The number of rotatable bonds is 2. The summed E-state index contributed by atoms with van der Waals surface area (Å²) >= 11 is 0. The molecule has 1 aromatic heterocycles. The first-order chi connectivity index (χ1) is 10.7. The summed E-state index contributed by atoms with van der Waals surface area (Å²) in [6, 6.07) is 7.15. The number of aromatic nitrogens is 1. The van der Waals surface area contributed by atoms with Gasteiger partial charge in [0, 0.05) is 18.2 Å². The largest absolute Gasteiger partial charge is 0.454 e. The summed E-state index contributed by atoms with van der Waals surface area (Å²) in [6.45, 7) is 2.81. The Balaban J connectivity index is 1.61. The van der Waals surface area contributed by atoms with Gasteiger partial charge in [-0.15, -0.1) is 0 Å². The van der Waals surface area contributed by atoms with Gasteiger partial charge in [0.1, 0.15) is 0 Å². The van der Waals surface area contributed by atoms with E-state index in [1.807, 2.05) is 17.9 Å². The number of aryl methyl sites for hydroxylation is 1. The number of amides is 1. The summed E-state index contributed by atoms with van der Waals surface area (Å²) in [5, 5.41) is 3.93. The SMILES string of the molecule is Cc1cc([C@H]2CCCN2C(=O)c2ccc3c(c2)OCO3)on1. The summed E-state index contributed by atoms with van der Waals surface area (Å²) in [5.74, 6) is 2.04. The number of benzene rings is 1. The molecule has 0 spiro atoms. The van der Waals surface area contributed by atoms with Gasteiger partial charge in [-0.25, -0.2) is 0 Å². The molecule has 0 N–H and O–H groups in total. The number of fused-ring (bicyclic) bond motifs is 1. The number of carbonyl (C=O) groups excluding carboxylic acids is 1. The van der Waals surface area contributed by atoms with Gasteiger partial charge >= 0.3 is 0 Å². The van der Waals surface area contributed by atoms with Crippen LogP contribution in [0.25, 0.3) is 0 Å². The van der Waals surface area contributed by atoms with Crippen molar-refractivity contribution in [2.45, 2.75) is 25.8 Å². The average molecular weight is 300 g/mol. The molecule has 3 heterocycles. The van der Waals surface area contributed by atoms with Gasteiger partial charge in [0.25, 0.3) is 5.91 Å². The van der Waals surface area contributed by atoms with Gasteiger partial charge in [0.15, 0.2) is 17.3 Å². The van der Waals surface area contributed by atoms with Crippen molar-refractivity contribution < 1.29 is 18.8 Å². The molecule has 1 fully saturated rings. The van der Waals surface area contributed by atoms with Crippen molar-refractivity contribution in [3.63, 3.8) is 0 Å². The van der Waals surface area contributed by atoms with Gasteiger partial charge in [-0.2, -0.15) is 0 Å². The van der Waals surface area contributed by atoms with E-state index in [-0.39, 0.29) is 18.7 Å². The van der Waals surface area contributed by atoms with Crippen LogP contribution in [0.3, 0.4) is 0 Å². The van der Waals surface area contributed by atoms with Crippen LogP contribution in [0, 0.1) is 6.92 Å². The molecule has 0 radical (unpaired) electrons. The van der Waals surface area contributed by atoms with Gasteiger partial charge < -0.3 is 18.9 Å². The Labute approximate surface area is 127 Å². The number of ether oxygens (including phenoxy) is 2. The van der Waals surface area contributed by atoms with E-state index in [0.717, 1.165) is 30.8 Å². The van der Waals surface area contributed by atoms with Crippen LogP contribution in [0.15, 0.2) is 28.8 Å². The van der Waals surface area contributed by atoms with Crippen LogP contribution in [0.4, 0.5) is 0 Å². The van der Waals surface area contributed by atoms with Gasteiger partial charge in [-0.3, -0.25) is 4.79 Å². The minimum Gasteiger partial charge on any atom is -0.454 e. The smallest absolute Gasteiger partial charge is 0.254 e. The molecule has 6 nitrogen and oxygen atoms in total. The fourth-order valence-electron chi connectivity index (χ4n) is 3.04. The Hall–Kier alpha value is -2.50. The molecular formula is C16H16N2O4. The Morgan fingerprint density at radius 3 is 2.95 bits per heavy atom. The predicted molar refractivity (Wildman–Crippen MR) is 76.8 cm³/mol. The number of hydrogen-bond donors (Lipinski definition) is 0. The minimum atomic E-state index is -0.0425. The lowest BCUT2D eigenvalue weighted by Gasteiger charge is -2.22. The molecule has 0 saturated carbocycles. The maximum Gasteiger partial charge on any atom is 0.254 e. The van der Waals surface area contributed by atoms with E-state index < -0.39 is 0 Å². The molecule has 0 unspecified atom stereocenters. The van der Waals surface area contributed by atoms with Crippen LogP contribution >= 0.6 is 0 Å². The molecule has 6 heteroatoms. The lowest BCUT2D eigenvalue weighted by atomic mass is 10.1. The third kappa shape index (κ3) is 2.11. The van der Waals surface area contributed by atoms with Crippen LogP contribution in [0.2, 0.25) is 0 Å². The monoisotopic (exact) mass is 300 g/mol. The molecule has 1 saturated heterocycles. The number of hydrogen-bond acceptors (Lipinski definition) is 5. The first-order valence-electron chi connectivity index (χ1n) is 7.36. The highest BCUT2D eigenvalue weighted by atomic mass is 16.7. The number of likely N-dealkylation sites (tertiary alicyclic amines) is 1. The lowest BCUT2D eigenvalue weighted by Crippen LogP contribution is -2.30. The highest BCUT2D eigenvalue weighted by Crippen LogP contribution is 2.36. The zero-order valence-electron chi connectivity index (χ0n) is 12.2. The summed E-state index contributed by atoms with van der Waals surface area (Å²) in [7, 11) is 0. The molecule has 4 rings (SSSR count). The Morgan fingerprint density at radius 2 is 2.14 bits per heavy atom. The predicted octanol–water partition coefficient (Wildman–Crippen LogP) is 2.69. The molecule has 0 bridgehead atoms. The molecule has 1 amide bonds. The zero-order valence-corrected chi connectivity index (χ0v) is 12.2. The van der Waals surface area contributed by atoms with Gasteiger partial charge in [-0.05, 0) is 38.0 Å². The average Bonchev–Trinajstić information content (AvgIpc) is 3.25. The fraction of sp³-hybridized carbons (Fsp3) is 0.375. The molecule has 114 valence electrons. The number of carbonyl (C=O) groups is 1. The summed E-state index contributed by atoms with van der Waals surface area (Å²) in [4.78, 5) is 14.6. The molecule has 22 heavy (non-hydrogen) atoms. The molecule has 1 atom stereocenters. The van der Waals surface area contributed by atoms with E-state index in [2.05, 4.69) is 5.16 Å². The third-order valence-corrected chi connectivity index (χ3v) is 4.11. The first kappa shape index (κ1) is 13.2. The molecule has 1 aromatic carbocycles. The third-order valence-electron chi connectivity index (χ3n) is 4.11. The highest BCUT2D eigenvalue weighted by Gasteiger charge is 2.33. The summed E-state index contributed by atoms with van der Waals surface area (Å²) in [6.07, 6.45) is 1.85. The Kier molecular flexibility index (Phi) is 3.03. The quantitative estimate of drug-likeness (QED) is 0.853. The van der Waals surface area contributed by atoms with E-state index in [1.165, 1.54) is 0 Å². The standard InChI is InChI=1S/C16H16N2O4/c1-10-7-14(22-17-10)12-3-2-6-18(12)16(19)11-4-5-13-15(8-11)21-9-20-13/h4-5,7-8,12H,2-3,6,9H2,1H3/t12-/m1/s1. The van der Waals surface area contributed by atoms with E-state index in [9.17, 15) is 4.79 Å². The van der Waals surface area contributed by atoms with Crippen molar-refractivity contribution in [2.75, 3.05) is 13.3 Å². The molecule has 2 aliphatic heterocycles. The van der Waals surface area contributed by atoms with Crippen molar-refractivity contribution >= 4 is 5.91 Å². The van der Waals surface area contributed by atoms with Crippen molar-refractivity contribution in [2.24, 2.45) is 0 Å². The molecular weight excluding hydrogens is 284 g/mol. The normalized spacial score (nSPS) is 19.7. The van der Waals surface area contributed by atoms with Crippen LogP contribution in [0.5, 0.6) is 11.5 Å². The van der Waals surface area contributed by atoms with Crippen LogP contribution < -0.4 is 9.47 Å². The van der Waals surface area contributed by atoms with Crippen molar-refractivity contribution in [3.8, 4) is 11.5 Å². The zero-order chi connectivity index (χ0) is 15.1. The molecule has 2 aromatic rings. The lowest BCUT2D eigenvalue weighted by molar-refractivity contribution is 0.0714. The fourth-order valence-corrected chi connectivity index (χ4v) is 3.04. The second kappa shape index (κ2) is 5.05. The van der Waals surface area contributed by atoms with Crippen molar-refractivity contribution in [3.05, 3.63) is 41.3 Å². The first-order valence-corrected chi connectivity index (χ1v) is 7.36. The Bertz CT molecular complexity index is 725. The highest BCUT2D eigenvalue weighted by molar-refractivity contribution is 5.95. The second-order valence-corrected chi connectivity index (χ2v) is 5.60. The second-order valence-electron chi connectivity index (χ2n) is 5.60. The minimum absolute atomic E-state index is 0.0187. The van der Waals surface area contributed by atoms with Crippen LogP contribution in [-0.4, -0.2) is 29.3 Å². The van der Waals surface area contributed by atoms with E-state index in [4.69, 9.17) is 14.0 Å². The van der Waals surface area contributed by atoms with E-state index in [1.54, 1.807) is 18.2 Å². The van der Waals surface area contributed by atoms with Gasteiger partial charge in [-0.1, -0.05) is 5.16 Å². The van der Waals surface area contributed by atoms with Gasteiger partial charge in [0.2, 0.25) is 6.79 Å². The molecule has 0 aliphatic carbocycles. The maximum absolute atomic E-state index is 12.8. The number of nitrogens with zero attached hydrogens (tertiary/aromatic N) is 2. The Morgan fingerprint density at radius 1 is 1.27 bits per heavy atom. The van der Waals surface area contributed by atoms with E-state index in [0.29, 0.717) is 17.1 Å². The summed E-state index contributed by atoms with van der Waals surface area (Å²) < 4.78 is 16.0.